The van der Waals surface area contributed by atoms with Crippen LogP contribution in [-0.2, 0) is 30.9 Å². The van der Waals surface area contributed by atoms with Gasteiger partial charge < -0.3 is 9.13 Å². The summed E-state index contributed by atoms with van der Waals surface area (Å²) in [7, 11) is 0. The van der Waals surface area contributed by atoms with Crippen LogP contribution in [0.1, 0.15) is 38.9 Å². The van der Waals surface area contributed by atoms with Crippen molar-refractivity contribution < 1.29 is 65.9 Å². The second kappa shape index (κ2) is 18.6. The Morgan fingerprint density at radius 1 is 0.287 bits per heavy atom. The highest BCUT2D eigenvalue weighted by Crippen LogP contribution is 2.46. The van der Waals surface area contributed by atoms with E-state index in [2.05, 4.69) is 6.07 Å². The lowest BCUT2D eigenvalue weighted by Crippen LogP contribution is -2.11. The van der Waals surface area contributed by atoms with E-state index >= 15 is 0 Å². The van der Waals surface area contributed by atoms with Crippen LogP contribution in [0.2, 0.25) is 0 Å². The van der Waals surface area contributed by atoms with Crippen LogP contribution in [0.25, 0.3) is 99.5 Å². The van der Waals surface area contributed by atoms with E-state index in [4.69, 9.17) is 0 Å². The second-order valence-corrected chi connectivity index (χ2v) is 18.7. The van der Waals surface area contributed by atoms with Crippen LogP contribution in [0, 0.1) is 22.7 Å². The number of rotatable bonds is 6. The summed E-state index contributed by atoms with van der Waals surface area (Å²) in [4.78, 5) is 0. The molecule has 11 aromatic rings. The number of aromatic nitrogens is 2. The second-order valence-electron chi connectivity index (χ2n) is 18.7. The molecule has 0 fully saturated rings. The predicted molar refractivity (Wildman–Crippen MR) is 271 cm³/mol. The number of alkyl halides is 15. The van der Waals surface area contributed by atoms with E-state index in [0.29, 0.717) is 85.3 Å². The molecule has 4 nitrogen and oxygen atoms in total. The van der Waals surface area contributed by atoms with E-state index in [0.717, 1.165) is 12.1 Å². The first kappa shape index (κ1) is 52.6. The zero-order valence-electron chi connectivity index (χ0n) is 40.2. The minimum Gasteiger partial charge on any atom is -0.309 e. The van der Waals surface area contributed by atoms with Crippen molar-refractivity contribution >= 4 is 43.6 Å². The molecule has 80 heavy (non-hydrogen) atoms. The van der Waals surface area contributed by atoms with Gasteiger partial charge in [0.25, 0.3) is 0 Å². The van der Waals surface area contributed by atoms with E-state index in [-0.39, 0.29) is 67.8 Å². The number of hydrogen-bond acceptors (Lipinski definition) is 2. The highest BCUT2D eigenvalue weighted by Gasteiger charge is 2.39. The number of nitriles is 2. The van der Waals surface area contributed by atoms with Gasteiger partial charge in [0.2, 0.25) is 0 Å². The number of nitrogens with zero attached hydrogens (tertiary/aromatic N) is 4. The lowest BCUT2D eigenvalue weighted by atomic mass is 9.91. The minimum atomic E-state index is -5.14. The first-order chi connectivity index (χ1) is 37.7. The molecule has 398 valence electrons. The minimum absolute atomic E-state index is 0.00226. The molecule has 2 aromatic heterocycles. The molecule has 0 N–H and O–H groups in total. The quantitative estimate of drug-likeness (QED) is 0.156. The molecular formula is C61H29F15N4. The van der Waals surface area contributed by atoms with Gasteiger partial charge in [-0.2, -0.15) is 76.4 Å². The maximum absolute atomic E-state index is 14.1. The Morgan fingerprint density at radius 2 is 0.725 bits per heavy atom. The Bertz CT molecular complexity index is 4370. The smallest absolute Gasteiger partial charge is 0.309 e. The molecule has 0 bridgehead atoms. The SMILES string of the molecule is N#Cc1cc(C(F)(F)F)ccc1-c1ccc(-n2c3ccccc3c3cc(-c4cc(C(F)(F)F)cc(C(F)(F)F)c4)ccc32)c(-c2cc(-n3c4ccccc4c4cc(-c5cc(C(F)(F)F)cc(C(F)(F)F)c5)ccc43)ccc2C#N)c1. The summed E-state index contributed by atoms with van der Waals surface area (Å²) >= 11 is 0. The summed E-state index contributed by atoms with van der Waals surface area (Å²) in [6, 6.07) is 40.6. The summed E-state index contributed by atoms with van der Waals surface area (Å²) in [6.45, 7) is 0. The standard InChI is InChI=1S/C61H29F15N4/c62-57(63,64)39-13-15-45(38(23-39)31-78)34-12-18-56(80-53-8-4-2-6-47(53)50-25-33(11-17-55(50)80)37-21-42(60(71,72)73)28-43(22-37)61(74,75)76)51(26-34)48-29-44(14-9-35(48)30-77)79-52-7-3-1-5-46(52)49-24-32(10-16-54(49)79)36-19-40(58(65,66)67)27-41(20-36)59(68,69)70/h1-29H. The lowest BCUT2D eigenvalue weighted by Gasteiger charge is -2.19. The van der Waals surface area contributed by atoms with Crippen molar-refractivity contribution in [3.05, 3.63) is 215 Å². The Labute approximate surface area is 441 Å². The third kappa shape index (κ3) is 9.27. The summed E-state index contributed by atoms with van der Waals surface area (Å²) in [6.07, 6.45) is -25.3. The van der Waals surface area contributed by atoms with Crippen molar-refractivity contribution in [2.24, 2.45) is 0 Å². The molecule has 0 amide bonds. The van der Waals surface area contributed by atoms with Crippen molar-refractivity contribution in [1.29, 1.82) is 10.5 Å². The Balaban J connectivity index is 1.15. The highest BCUT2D eigenvalue weighted by molar-refractivity contribution is 6.12. The molecule has 0 aliphatic carbocycles. The molecule has 0 atom stereocenters. The lowest BCUT2D eigenvalue weighted by molar-refractivity contribution is -0.144. The fourth-order valence-corrected chi connectivity index (χ4v) is 10.3. The molecule has 2 heterocycles. The van der Waals surface area contributed by atoms with E-state index in [1.807, 2.05) is 6.07 Å². The number of benzene rings is 9. The van der Waals surface area contributed by atoms with E-state index in [1.54, 1.807) is 81.9 Å². The Kier molecular flexibility index (Phi) is 12.2. The summed E-state index contributed by atoms with van der Waals surface area (Å²) in [5.41, 5.74) is -5.07. The normalized spacial score (nSPS) is 12.7. The summed E-state index contributed by atoms with van der Waals surface area (Å²) < 4.78 is 214. The highest BCUT2D eigenvalue weighted by atomic mass is 19.4. The average molecular weight is 1100 g/mol. The fourth-order valence-electron chi connectivity index (χ4n) is 10.3. The van der Waals surface area contributed by atoms with Gasteiger partial charge in [0.05, 0.1) is 78.8 Å². The third-order valence-electron chi connectivity index (χ3n) is 13.9. The van der Waals surface area contributed by atoms with Crippen LogP contribution in [0.15, 0.2) is 176 Å². The third-order valence-corrected chi connectivity index (χ3v) is 13.9. The van der Waals surface area contributed by atoms with E-state index < -0.39 is 58.7 Å². The topological polar surface area (TPSA) is 57.4 Å². The van der Waals surface area contributed by atoms with Crippen molar-refractivity contribution in [3.63, 3.8) is 0 Å². The average Bonchev–Trinajstić information content (AvgIpc) is 4.17. The van der Waals surface area contributed by atoms with Gasteiger partial charge in [0, 0.05) is 38.4 Å². The van der Waals surface area contributed by atoms with Gasteiger partial charge in [-0.3, -0.25) is 0 Å². The van der Waals surface area contributed by atoms with Crippen LogP contribution in [-0.4, -0.2) is 9.13 Å². The van der Waals surface area contributed by atoms with Crippen LogP contribution in [0.5, 0.6) is 0 Å². The van der Waals surface area contributed by atoms with Crippen molar-refractivity contribution in [2.75, 3.05) is 0 Å². The van der Waals surface area contributed by atoms with Gasteiger partial charge in [-0.1, -0.05) is 60.7 Å². The number of hydrogen-bond donors (Lipinski definition) is 0. The maximum Gasteiger partial charge on any atom is 0.416 e. The van der Waals surface area contributed by atoms with Crippen LogP contribution >= 0.6 is 0 Å². The summed E-state index contributed by atoms with van der Waals surface area (Å²) in [5.74, 6) is 0. The zero-order chi connectivity index (χ0) is 57.0. The van der Waals surface area contributed by atoms with E-state index in [1.165, 1.54) is 48.5 Å². The fraction of sp³-hybridized carbons (Fsp3) is 0.0820. The van der Waals surface area contributed by atoms with Crippen LogP contribution in [0.4, 0.5) is 65.9 Å². The predicted octanol–water partition coefficient (Wildman–Crippen LogP) is 19.4. The van der Waals surface area contributed by atoms with Crippen molar-refractivity contribution in [1.82, 2.24) is 9.13 Å². The Hall–Kier alpha value is -9.49. The number of fused-ring (bicyclic) bond motifs is 6. The van der Waals surface area contributed by atoms with Gasteiger partial charge in [-0.15, -0.1) is 0 Å². The molecular weight excluding hydrogens is 1070 g/mol. The number of para-hydroxylation sites is 2. The van der Waals surface area contributed by atoms with Gasteiger partial charge in [-0.05, 0) is 149 Å². The largest absolute Gasteiger partial charge is 0.416 e. The van der Waals surface area contributed by atoms with Gasteiger partial charge in [0.1, 0.15) is 0 Å². The first-order valence-electron chi connectivity index (χ1n) is 23.7. The molecule has 0 aliphatic rings. The molecule has 0 spiro atoms. The maximum atomic E-state index is 14.1. The van der Waals surface area contributed by atoms with Crippen molar-refractivity contribution in [2.45, 2.75) is 30.9 Å². The van der Waals surface area contributed by atoms with Gasteiger partial charge in [-0.25, -0.2) is 0 Å². The van der Waals surface area contributed by atoms with E-state index in [9.17, 15) is 76.4 Å². The molecule has 11 rings (SSSR count). The molecule has 0 aliphatic heterocycles. The molecule has 0 saturated carbocycles. The monoisotopic (exact) mass is 1100 g/mol. The molecule has 0 unspecified atom stereocenters. The van der Waals surface area contributed by atoms with Gasteiger partial charge in [0.15, 0.2) is 0 Å². The zero-order valence-corrected chi connectivity index (χ0v) is 40.2. The molecule has 19 heteroatoms. The first-order valence-corrected chi connectivity index (χ1v) is 23.7. The van der Waals surface area contributed by atoms with Crippen LogP contribution < -0.4 is 0 Å². The summed E-state index contributed by atoms with van der Waals surface area (Å²) in [5, 5.41) is 22.8. The molecule has 9 aromatic carbocycles. The molecule has 0 saturated heterocycles. The molecule has 0 radical (unpaired) electrons. The Morgan fingerprint density at radius 3 is 1.20 bits per heavy atom. The van der Waals surface area contributed by atoms with Crippen LogP contribution in [0.3, 0.4) is 0 Å². The number of halogens is 15. The van der Waals surface area contributed by atoms with Gasteiger partial charge >= 0.3 is 30.9 Å². The van der Waals surface area contributed by atoms with Crippen molar-refractivity contribution in [3.8, 4) is 68.0 Å².